The standard InChI is InChI=1S/C20H21F3N4O/c21-20(22,23)14-4-1-3-13(11-14)17-12-24-19-10-9-18(26-27(17)19)25-15-5-2-6-16(28)8-7-15/h1,3-4,9-12,15-16,28H,2,5-8H2,(H,25,26)/t15?,16-/m0/s1. The van der Waals surface area contributed by atoms with Gasteiger partial charge in [-0.05, 0) is 56.4 Å². The molecular formula is C20H21F3N4O. The van der Waals surface area contributed by atoms with E-state index in [2.05, 4.69) is 15.4 Å². The van der Waals surface area contributed by atoms with Crippen LogP contribution in [0.15, 0.2) is 42.6 Å². The Morgan fingerprint density at radius 3 is 2.75 bits per heavy atom. The van der Waals surface area contributed by atoms with Crippen molar-refractivity contribution in [3.63, 3.8) is 0 Å². The van der Waals surface area contributed by atoms with Gasteiger partial charge in [-0.2, -0.15) is 13.2 Å². The van der Waals surface area contributed by atoms with Gasteiger partial charge in [0.05, 0.1) is 23.6 Å². The van der Waals surface area contributed by atoms with Gasteiger partial charge < -0.3 is 10.4 Å². The first kappa shape index (κ1) is 18.7. The highest BCUT2D eigenvalue weighted by atomic mass is 19.4. The fourth-order valence-corrected chi connectivity index (χ4v) is 3.64. The molecule has 0 radical (unpaired) electrons. The van der Waals surface area contributed by atoms with E-state index in [-0.39, 0.29) is 12.1 Å². The average molecular weight is 390 g/mol. The summed E-state index contributed by atoms with van der Waals surface area (Å²) in [4.78, 5) is 4.26. The van der Waals surface area contributed by atoms with E-state index in [0.717, 1.165) is 44.2 Å². The van der Waals surface area contributed by atoms with Crippen molar-refractivity contribution in [2.45, 2.75) is 50.4 Å². The topological polar surface area (TPSA) is 62.5 Å². The molecule has 5 nitrogen and oxygen atoms in total. The van der Waals surface area contributed by atoms with Crippen LogP contribution in [0.1, 0.15) is 37.7 Å². The minimum Gasteiger partial charge on any atom is -0.393 e. The molecule has 148 valence electrons. The fraction of sp³-hybridized carbons (Fsp3) is 0.400. The molecule has 1 aliphatic rings. The predicted octanol–water partition coefficient (Wildman–Crippen LogP) is 4.52. The van der Waals surface area contributed by atoms with Crippen molar-refractivity contribution < 1.29 is 18.3 Å². The lowest BCUT2D eigenvalue weighted by atomic mass is 10.1. The van der Waals surface area contributed by atoms with Crippen LogP contribution in [0.25, 0.3) is 16.9 Å². The lowest BCUT2D eigenvalue weighted by Gasteiger charge is -2.17. The third-order valence-electron chi connectivity index (χ3n) is 5.14. The molecule has 1 aliphatic carbocycles. The quantitative estimate of drug-likeness (QED) is 0.646. The van der Waals surface area contributed by atoms with Crippen LogP contribution in [0.2, 0.25) is 0 Å². The Balaban J connectivity index is 1.63. The summed E-state index contributed by atoms with van der Waals surface area (Å²) in [6.07, 6.45) is 1.19. The lowest BCUT2D eigenvalue weighted by molar-refractivity contribution is -0.137. The van der Waals surface area contributed by atoms with E-state index in [1.54, 1.807) is 16.6 Å². The van der Waals surface area contributed by atoms with Gasteiger partial charge in [0.15, 0.2) is 5.65 Å². The van der Waals surface area contributed by atoms with Crippen molar-refractivity contribution >= 4 is 11.5 Å². The van der Waals surface area contributed by atoms with Crippen LogP contribution in [0.3, 0.4) is 0 Å². The zero-order valence-corrected chi connectivity index (χ0v) is 15.2. The fourth-order valence-electron chi connectivity index (χ4n) is 3.64. The number of benzene rings is 1. The number of rotatable bonds is 3. The van der Waals surface area contributed by atoms with Crippen molar-refractivity contribution in [1.82, 2.24) is 14.6 Å². The molecular weight excluding hydrogens is 369 g/mol. The van der Waals surface area contributed by atoms with Crippen LogP contribution in [0.4, 0.5) is 19.0 Å². The molecule has 0 aliphatic heterocycles. The smallest absolute Gasteiger partial charge is 0.393 e. The van der Waals surface area contributed by atoms with Gasteiger partial charge in [0, 0.05) is 11.6 Å². The van der Waals surface area contributed by atoms with E-state index < -0.39 is 11.7 Å². The molecule has 1 aromatic carbocycles. The van der Waals surface area contributed by atoms with Gasteiger partial charge in [-0.1, -0.05) is 12.1 Å². The number of anilines is 1. The summed E-state index contributed by atoms with van der Waals surface area (Å²) < 4.78 is 40.7. The molecule has 2 atom stereocenters. The number of alkyl halides is 3. The van der Waals surface area contributed by atoms with E-state index in [9.17, 15) is 18.3 Å². The number of fused-ring (bicyclic) bond motifs is 1. The molecule has 28 heavy (non-hydrogen) atoms. The largest absolute Gasteiger partial charge is 0.416 e. The first-order chi connectivity index (χ1) is 13.4. The Bertz CT molecular complexity index is 969. The Morgan fingerprint density at radius 1 is 1.07 bits per heavy atom. The van der Waals surface area contributed by atoms with Gasteiger partial charge in [-0.15, -0.1) is 5.10 Å². The highest BCUT2D eigenvalue weighted by Gasteiger charge is 2.30. The van der Waals surface area contributed by atoms with Crippen molar-refractivity contribution in [1.29, 1.82) is 0 Å². The summed E-state index contributed by atoms with van der Waals surface area (Å²) in [7, 11) is 0. The minimum absolute atomic E-state index is 0.211. The first-order valence-electron chi connectivity index (χ1n) is 9.37. The molecule has 2 N–H and O–H groups in total. The Hall–Kier alpha value is -2.61. The lowest BCUT2D eigenvalue weighted by Crippen LogP contribution is -2.20. The van der Waals surface area contributed by atoms with Gasteiger partial charge in [-0.25, -0.2) is 9.50 Å². The third-order valence-corrected chi connectivity index (χ3v) is 5.14. The number of imidazole rings is 1. The molecule has 0 amide bonds. The third kappa shape index (κ3) is 3.96. The van der Waals surface area contributed by atoms with Gasteiger partial charge in [0.25, 0.3) is 0 Å². The second-order valence-corrected chi connectivity index (χ2v) is 7.21. The Kier molecular flexibility index (Phi) is 4.97. The van der Waals surface area contributed by atoms with E-state index in [1.807, 2.05) is 6.07 Å². The predicted molar refractivity (Wildman–Crippen MR) is 99.9 cm³/mol. The van der Waals surface area contributed by atoms with Gasteiger partial charge in [0.2, 0.25) is 0 Å². The van der Waals surface area contributed by atoms with Crippen molar-refractivity contribution in [2.24, 2.45) is 0 Å². The molecule has 4 rings (SSSR count). The molecule has 3 aromatic rings. The molecule has 2 aromatic heterocycles. The van der Waals surface area contributed by atoms with Crippen LogP contribution in [0, 0.1) is 0 Å². The van der Waals surface area contributed by atoms with Crippen LogP contribution in [-0.2, 0) is 6.18 Å². The Labute approximate surface area is 160 Å². The average Bonchev–Trinajstić information content (AvgIpc) is 2.97. The SMILES string of the molecule is O[C@H]1CCCC(Nc2ccc3ncc(-c4cccc(C(F)(F)F)c4)n3n2)CC1. The summed E-state index contributed by atoms with van der Waals surface area (Å²) in [5, 5.41) is 17.7. The molecule has 8 heteroatoms. The number of nitrogens with zero attached hydrogens (tertiary/aromatic N) is 3. The number of nitrogens with one attached hydrogen (secondary N) is 1. The summed E-state index contributed by atoms with van der Waals surface area (Å²) >= 11 is 0. The summed E-state index contributed by atoms with van der Waals surface area (Å²) in [5.41, 5.74) is 0.770. The molecule has 1 fully saturated rings. The minimum atomic E-state index is -4.40. The summed E-state index contributed by atoms with van der Waals surface area (Å²) in [5.74, 6) is 0.639. The number of hydrogen-bond donors (Lipinski definition) is 2. The second-order valence-electron chi connectivity index (χ2n) is 7.21. The van der Waals surface area contributed by atoms with E-state index >= 15 is 0 Å². The van der Waals surface area contributed by atoms with E-state index in [1.165, 1.54) is 12.3 Å². The highest BCUT2D eigenvalue weighted by molar-refractivity contribution is 5.64. The van der Waals surface area contributed by atoms with Crippen LogP contribution < -0.4 is 5.32 Å². The maximum absolute atomic E-state index is 13.0. The molecule has 1 unspecified atom stereocenters. The first-order valence-corrected chi connectivity index (χ1v) is 9.37. The second kappa shape index (κ2) is 7.43. The normalized spacial score (nSPS) is 20.9. The maximum atomic E-state index is 13.0. The maximum Gasteiger partial charge on any atom is 0.416 e. The van der Waals surface area contributed by atoms with Gasteiger partial charge >= 0.3 is 6.18 Å². The van der Waals surface area contributed by atoms with Crippen LogP contribution >= 0.6 is 0 Å². The summed E-state index contributed by atoms with van der Waals surface area (Å²) in [6, 6.07) is 8.98. The van der Waals surface area contributed by atoms with E-state index in [0.29, 0.717) is 22.7 Å². The highest BCUT2D eigenvalue weighted by Crippen LogP contribution is 2.32. The van der Waals surface area contributed by atoms with Crippen LogP contribution in [-0.4, -0.2) is 31.9 Å². The van der Waals surface area contributed by atoms with Crippen LogP contribution in [0.5, 0.6) is 0 Å². The zero-order valence-electron chi connectivity index (χ0n) is 15.2. The number of aliphatic hydroxyl groups excluding tert-OH is 1. The summed E-state index contributed by atoms with van der Waals surface area (Å²) in [6.45, 7) is 0. The molecule has 0 bridgehead atoms. The van der Waals surface area contributed by atoms with Crippen molar-refractivity contribution in [2.75, 3.05) is 5.32 Å². The zero-order chi connectivity index (χ0) is 19.7. The monoisotopic (exact) mass is 390 g/mol. The molecule has 2 heterocycles. The van der Waals surface area contributed by atoms with Gasteiger partial charge in [0.1, 0.15) is 5.82 Å². The Morgan fingerprint density at radius 2 is 1.93 bits per heavy atom. The number of halogens is 3. The molecule has 0 saturated heterocycles. The van der Waals surface area contributed by atoms with Gasteiger partial charge in [-0.3, -0.25) is 0 Å². The van der Waals surface area contributed by atoms with E-state index in [4.69, 9.17) is 0 Å². The van der Waals surface area contributed by atoms with Crippen molar-refractivity contribution in [3.05, 3.63) is 48.2 Å². The number of aromatic nitrogens is 3. The molecule has 0 spiro atoms. The molecule has 1 saturated carbocycles. The number of aliphatic hydroxyl groups is 1. The number of hydrogen-bond acceptors (Lipinski definition) is 4. The van der Waals surface area contributed by atoms with Crippen molar-refractivity contribution in [3.8, 4) is 11.3 Å².